The van der Waals surface area contributed by atoms with E-state index in [0.717, 1.165) is 25.7 Å². The van der Waals surface area contributed by atoms with E-state index in [1.165, 1.54) is 4.90 Å². The molecule has 3 rings (SSSR count). The van der Waals surface area contributed by atoms with Gasteiger partial charge in [-0.25, -0.2) is 0 Å². The summed E-state index contributed by atoms with van der Waals surface area (Å²) in [5.74, 6) is -0.0808. The maximum absolute atomic E-state index is 12.6. The van der Waals surface area contributed by atoms with Crippen LogP contribution in [0.15, 0.2) is 18.2 Å². The van der Waals surface area contributed by atoms with E-state index >= 15 is 0 Å². The van der Waals surface area contributed by atoms with Crippen LogP contribution in [0.3, 0.4) is 0 Å². The van der Waals surface area contributed by atoms with E-state index in [1.54, 1.807) is 18.2 Å². The Kier molecular flexibility index (Phi) is 5.04. The van der Waals surface area contributed by atoms with Crippen molar-refractivity contribution in [1.29, 1.82) is 0 Å². The SMILES string of the molecule is O=C1CC2(CCCC2)C(=O)N1CC(O)COc1c(Cl)cccc1Cl. The molecule has 1 aromatic rings. The molecule has 1 aliphatic heterocycles. The number of imide groups is 1. The van der Waals surface area contributed by atoms with E-state index in [9.17, 15) is 14.7 Å². The second-order valence-corrected chi connectivity index (χ2v) is 7.30. The predicted molar refractivity (Wildman–Crippen MR) is 90.2 cm³/mol. The van der Waals surface area contributed by atoms with Gasteiger partial charge in [0.2, 0.25) is 11.8 Å². The molecule has 1 aromatic carbocycles. The first-order chi connectivity index (χ1) is 11.4. The van der Waals surface area contributed by atoms with Gasteiger partial charge in [-0.1, -0.05) is 42.1 Å². The first-order valence-corrected chi connectivity index (χ1v) is 8.78. The molecule has 2 fully saturated rings. The summed E-state index contributed by atoms with van der Waals surface area (Å²) >= 11 is 12.0. The number of carbonyl (C=O) groups excluding carboxylic acids is 2. The summed E-state index contributed by atoms with van der Waals surface area (Å²) in [4.78, 5) is 25.9. The number of amides is 2. The second-order valence-electron chi connectivity index (χ2n) is 6.49. The fraction of sp³-hybridized carbons (Fsp3) is 0.529. The number of halogens is 2. The summed E-state index contributed by atoms with van der Waals surface area (Å²) in [5, 5.41) is 10.8. The van der Waals surface area contributed by atoms with Crippen molar-refractivity contribution in [3.05, 3.63) is 28.2 Å². The van der Waals surface area contributed by atoms with E-state index in [0.29, 0.717) is 10.0 Å². The number of hydrogen-bond acceptors (Lipinski definition) is 4. The normalized spacial score (nSPS) is 20.9. The van der Waals surface area contributed by atoms with E-state index in [-0.39, 0.29) is 37.1 Å². The van der Waals surface area contributed by atoms with Crippen LogP contribution >= 0.6 is 23.2 Å². The minimum Gasteiger partial charge on any atom is -0.488 e. The lowest BCUT2D eigenvalue weighted by atomic mass is 9.84. The summed E-state index contributed by atoms with van der Waals surface area (Å²) < 4.78 is 5.46. The lowest BCUT2D eigenvalue weighted by Crippen LogP contribution is -2.41. The molecule has 1 saturated carbocycles. The van der Waals surface area contributed by atoms with Gasteiger partial charge in [0.05, 0.1) is 22.0 Å². The summed E-state index contributed by atoms with van der Waals surface area (Å²) in [6.45, 7) is -0.172. The average Bonchev–Trinajstić information content (AvgIpc) is 3.08. The predicted octanol–water partition coefficient (Wildman–Crippen LogP) is 3.05. The number of rotatable bonds is 5. The summed E-state index contributed by atoms with van der Waals surface area (Å²) in [5.41, 5.74) is -0.524. The number of nitrogens with zero attached hydrogens (tertiary/aromatic N) is 1. The van der Waals surface area contributed by atoms with Gasteiger partial charge in [-0.2, -0.15) is 0 Å². The van der Waals surface area contributed by atoms with E-state index in [4.69, 9.17) is 27.9 Å². The zero-order valence-electron chi connectivity index (χ0n) is 13.1. The van der Waals surface area contributed by atoms with Crippen LogP contribution in [0.25, 0.3) is 0 Å². The molecule has 1 N–H and O–H groups in total. The van der Waals surface area contributed by atoms with Crippen LogP contribution in [-0.4, -0.2) is 41.1 Å². The second kappa shape index (κ2) is 6.90. The van der Waals surface area contributed by atoms with Crippen LogP contribution in [0.5, 0.6) is 5.75 Å². The Balaban J connectivity index is 1.60. The van der Waals surface area contributed by atoms with Crippen LogP contribution in [0.4, 0.5) is 0 Å². The Morgan fingerprint density at radius 2 is 1.83 bits per heavy atom. The molecule has 1 aliphatic carbocycles. The standard InChI is InChI=1S/C17H19Cl2NO4/c18-12-4-3-5-13(19)15(12)24-10-11(21)9-20-14(22)8-17(16(20)23)6-1-2-7-17/h3-5,11,21H,1-2,6-10H2. The van der Waals surface area contributed by atoms with Crippen molar-refractivity contribution in [2.24, 2.45) is 5.41 Å². The molecule has 0 aromatic heterocycles. The molecule has 7 heteroatoms. The molecule has 1 saturated heterocycles. The molecule has 1 spiro atoms. The van der Waals surface area contributed by atoms with Crippen LogP contribution in [0.1, 0.15) is 32.1 Å². The molecule has 2 aliphatic rings. The molecule has 5 nitrogen and oxygen atoms in total. The van der Waals surface area contributed by atoms with Gasteiger partial charge in [-0.15, -0.1) is 0 Å². The molecule has 1 unspecified atom stereocenters. The van der Waals surface area contributed by atoms with Crippen LogP contribution < -0.4 is 4.74 Å². The maximum Gasteiger partial charge on any atom is 0.235 e. The minimum absolute atomic E-state index is 0.0680. The van der Waals surface area contributed by atoms with Crippen LogP contribution in [-0.2, 0) is 9.59 Å². The fourth-order valence-corrected chi connectivity index (χ4v) is 4.06. The van der Waals surface area contributed by atoms with Gasteiger partial charge in [0.1, 0.15) is 12.7 Å². The fourth-order valence-electron chi connectivity index (χ4n) is 3.55. The van der Waals surface area contributed by atoms with Gasteiger partial charge < -0.3 is 9.84 Å². The largest absolute Gasteiger partial charge is 0.488 e. The van der Waals surface area contributed by atoms with Gasteiger partial charge in [-0.05, 0) is 25.0 Å². The summed E-state index contributed by atoms with van der Waals surface area (Å²) in [7, 11) is 0. The molecule has 1 heterocycles. The van der Waals surface area contributed by atoms with Crippen molar-refractivity contribution < 1.29 is 19.4 Å². The summed E-state index contributed by atoms with van der Waals surface area (Å²) in [6.07, 6.45) is 2.73. The molecule has 24 heavy (non-hydrogen) atoms. The smallest absolute Gasteiger partial charge is 0.235 e. The lowest BCUT2D eigenvalue weighted by molar-refractivity contribution is -0.143. The van der Waals surface area contributed by atoms with E-state index < -0.39 is 11.5 Å². The van der Waals surface area contributed by atoms with Crippen molar-refractivity contribution in [2.75, 3.05) is 13.2 Å². The number of aliphatic hydroxyl groups is 1. The quantitative estimate of drug-likeness (QED) is 0.807. The number of aliphatic hydroxyl groups excluding tert-OH is 1. The Morgan fingerprint density at radius 1 is 1.21 bits per heavy atom. The Morgan fingerprint density at radius 3 is 2.46 bits per heavy atom. The number of likely N-dealkylation sites (tertiary alicyclic amines) is 1. The minimum atomic E-state index is -0.998. The molecule has 0 radical (unpaired) electrons. The third-order valence-corrected chi connectivity index (χ3v) is 5.38. The first-order valence-electron chi connectivity index (χ1n) is 8.03. The number of benzene rings is 1. The van der Waals surface area contributed by atoms with E-state index in [2.05, 4.69) is 0 Å². The number of hydrogen-bond donors (Lipinski definition) is 1. The zero-order chi connectivity index (χ0) is 17.3. The monoisotopic (exact) mass is 371 g/mol. The topological polar surface area (TPSA) is 66.8 Å². The molecule has 1 atom stereocenters. The lowest BCUT2D eigenvalue weighted by Gasteiger charge is -2.23. The van der Waals surface area contributed by atoms with Crippen molar-refractivity contribution in [3.63, 3.8) is 0 Å². The number of ether oxygens (including phenoxy) is 1. The highest BCUT2D eigenvalue weighted by atomic mass is 35.5. The first kappa shape index (κ1) is 17.5. The highest BCUT2D eigenvalue weighted by Gasteiger charge is 2.52. The van der Waals surface area contributed by atoms with Crippen molar-refractivity contribution >= 4 is 35.0 Å². The number of carbonyl (C=O) groups is 2. The molecule has 2 amide bonds. The zero-order valence-corrected chi connectivity index (χ0v) is 14.6. The van der Waals surface area contributed by atoms with Crippen LogP contribution in [0.2, 0.25) is 10.0 Å². The van der Waals surface area contributed by atoms with Crippen molar-refractivity contribution in [2.45, 2.75) is 38.2 Å². The Bertz CT molecular complexity index is 638. The number of para-hydroxylation sites is 1. The molecule has 0 bridgehead atoms. The van der Waals surface area contributed by atoms with Crippen molar-refractivity contribution in [3.8, 4) is 5.75 Å². The third-order valence-electron chi connectivity index (χ3n) is 4.78. The molecule has 130 valence electrons. The van der Waals surface area contributed by atoms with Crippen molar-refractivity contribution in [1.82, 2.24) is 4.90 Å². The highest BCUT2D eigenvalue weighted by molar-refractivity contribution is 6.37. The summed E-state index contributed by atoms with van der Waals surface area (Å²) in [6, 6.07) is 4.95. The van der Waals surface area contributed by atoms with Crippen LogP contribution in [0, 0.1) is 5.41 Å². The highest BCUT2D eigenvalue weighted by Crippen LogP contribution is 2.46. The Hall–Kier alpha value is -1.30. The maximum atomic E-state index is 12.6. The van der Waals surface area contributed by atoms with Gasteiger partial charge in [0.25, 0.3) is 0 Å². The molecular weight excluding hydrogens is 353 g/mol. The average molecular weight is 372 g/mol. The van der Waals surface area contributed by atoms with Gasteiger partial charge >= 0.3 is 0 Å². The Labute approximate surface area is 150 Å². The van der Waals surface area contributed by atoms with E-state index in [1.807, 2.05) is 0 Å². The van der Waals surface area contributed by atoms with Gasteiger partial charge in [-0.3, -0.25) is 14.5 Å². The van der Waals surface area contributed by atoms with Gasteiger partial charge in [0, 0.05) is 6.42 Å². The number of β-amino-alcohol motifs (C(OH)–C–C–N with tert-alkyl or cyclic N) is 1. The third kappa shape index (κ3) is 3.25. The molecular formula is C17H19Cl2NO4. The van der Waals surface area contributed by atoms with Gasteiger partial charge in [0.15, 0.2) is 5.75 Å².